The maximum atomic E-state index is 9.06. The molecule has 1 aromatic carbocycles. The second-order valence-electron chi connectivity index (χ2n) is 4.27. The molecule has 0 saturated carbocycles. The average molecular weight is 205 g/mol. The number of hydrogen-bond donors (Lipinski definition) is 1. The Labute approximate surface area is 91.5 Å². The molecular weight excluding hydrogens is 186 g/mol. The Kier molecular flexibility index (Phi) is 2.96. The van der Waals surface area contributed by atoms with Gasteiger partial charge in [-0.25, -0.2) is 0 Å². The van der Waals surface area contributed by atoms with Crippen LogP contribution in [0.2, 0.25) is 0 Å². The number of rotatable bonds is 3. The second-order valence-corrected chi connectivity index (χ2v) is 4.27. The van der Waals surface area contributed by atoms with Crippen molar-refractivity contribution in [2.45, 2.75) is 26.2 Å². The van der Waals surface area contributed by atoms with E-state index in [0.29, 0.717) is 5.92 Å². The molecule has 0 amide bonds. The third-order valence-electron chi connectivity index (χ3n) is 3.26. The Bertz CT molecular complexity index is 348. The van der Waals surface area contributed by atoms with E-state index in [2.05, 4.69) is 36.9 Å². The maximum absolute atomic E-state index is 9.06. The van der Waals surface area contributed by atoms with E-state index >= 15 is 0 Å². The lowest BCUT2D eigenvalue weighted by Crippen LogP contribution is -2.21. The van der Waals surface area contributed by atoms with Crippen molar-refractivity contribution in [3.8, 4) is 0 Å². The van der Waals surface area contributed by atoms with E-state index in [0.717, 1.165) is 19.5 Å². The second kappa shape index (κ2) is 4.23. The van der Waals surface area contributed by atoms with Gasteiger partial charge >= 0.3 is 0 Å². The molecule has 0 radical (unpaired) electrons. The zero-order chi connectivity index (χ0) is 10.8. The van der Waals surface area contributed by atoms with E-state index in [-0.39, 0.29) is 6.61 Å². The highest BCUT2D eigenvalue weighted by atomic mass is 16.2. The zero-order valence-corrected chi connectivity index (χ0v) is 9.53. The molecule has 1 aromatic rings. The number of benzene rings is 1. The van der Waals surface area contributed by atoms with Gasteiger partial charge in [0.05, 0.1) is 0 Å². The number of aliphatic hydroxyl groups is 1. The van der Waals surface area contributed by atoms with E-state index in [9.17, 15) is 0 Å². The highest BCUT2D eigenvalue weighted by molar-refractivity contribution is 5.65. The number of para-hydroxylation sites is 1. The van der Waals surface area contributed by atoms with Crippen LogP contribution in [0.25, 0.3) is 0 Å². The summed E-state index contributed by atoms with van der Waals surface area (Å²) in [7, 11) is 0. The monoisotopic (exact) mass is 205 g/mol. The molecule has 2 rings (SSSR count). The van der Waals surface area contributed by atoms with Crippen molar-refractivity contribution in [1.29, 1.82) is 0 Å². The van der Waals surface area contributed by atoms with Crippen LogP contribution in [-0.2, 0) is 6.42 Å². The summed E-state index contributed by atoms with van der Waals surface area (Å²) in [5.74, 6) is 0.624. The minimum atomic E-state index is 0.238. The minimum Gasteiger partial charge on any atom is -0.396 e. The quantitative estimate of drug-likeness (QED) is 0.817. The molecule has 0 aromatic heterocycles. The van der Waals surface area contributed by atoms with Gasteiger partial charge in [0.2, 0.25) is 0 Å². The van der Waals surface area contributed by atoms with Crippen LogP contribution < -0.4 is 4.90 Å². The Balaban J connectivity index is 2.43. The number of likely N-dealkylation sites (N-methyl/N-ethyl adjacent to an activating group) is 1. The highest BCUT2D eigenvalue weighted by Crippen LogP contribution is 2.38. The normalized spacial score (nSPS) is 19.4. The van der Waals surface area contributed by atoms with Crippen molar-refractivity contribution >= 4 is 5.69 Å². The molecule has 0 fully saturated rings. The molecule has 0 aliphatic carbocycles. The fourth-order valence-electron chi connectivity index (χ4n) is 2.52. The summed E-state index contributed by atoms with van der Waals surface area (Å²) >= 11 is 0. The standard InChI is InChI=1S/C13H19NO/c1-3-14-9-10(2)12-6-4-5-11(7-8-15)13(12)14/h4-6,10,15H,3,7-9H2,1-2H3. The van der Waals surface area contributed by atoms with E-state index in [1.807, 2.05) is 0 Å². The minimum absolute atomic E-state index is 0.238. The van der Waals surface area contributed by atoms with Gasteiger partial charge in [0, 0.05) is 31.3 Å². The zero-order valence-electron chi connectivity index (χ0n) is 9.53. The summed E-state index contributed by atoms with van der Waals surface area (Å²) in [6.45, 7) is 6.88. The number of hydrogen-bond acceptors (Lipinski definition) is 2. The average Bonchev–Trinajstić information content (AvgIpc) is 2.58. The van der Waals surface area contributed by atoms with Crippen LogP contribution in [-0.4, -0.2) is 24.8 Å². The molecule has 0 bridgehead atoms. The summed E-state index contributed by atoms with van der Waals surface area (Å²) in [6, 6.07) is 6.46. The Morgan fingerprint density at radius 1 is 1.47 bits per heavy atom. The van der Waals surface area contributed by atoms with Crippen LogP contribution >= 0.6 is 0 Å². The third-order valence-corrected chi connectivity index (χ3v) is 3.26. The van der Waals surface area contributed by atoms with Crippen molar-refractivity contribution in [3.63, 3.8) is 0 Å². The fraction of sp³-hybridized carbons (Fsp3) is 0.538. The topological polar surface area (TPSA) is 23.5 Å². The van der Waals surface area contributed by atoms with Crippen molar-refractivity contribution in [3.05, 3.63) is 29.3 Å². The molecule has 82 valence electrons. The number of fused-ring (bicyclic) bond motifs is 1. The van der Waals surface area contributed by atoms with Gasteiger partial charge in [0.15, 0.2) is 0 Å². The van der Waals surface area contributed by atoms with Gasteiger partial charge in [-0.15, -0.1) is 0 Å². The smallest absolute Gasteiger partial charge is 0.0472 e. The Morgan fingerprint density at radius 2 is 2.27 bits per heavy atom. The van der Waals surface area contributed by atoms with Crippen LogP contribution in [0.5, 0.6) is 0 Å². The largest absolute Gasteiger partial charge is 0.396 e. The van der Waals surface area contributed by atoms with Crippen molar-refractivity contribution in [2.75, 3.05) is 24.6 Å². The molecule has 1 heterocycles. The molecule has 1 unspecified atom stereocenters. The van der Waals surface area contributed by atoms with Crippen LogP contribution in [0, 0.1) is 0 Å². The van der Waals surface area contributed by atoms with Gasteiger partial charge in [0.25, 0.3) is 0 Å². The van der Waals surface area contributed by atoms with E-state index in [1.54, 1.807) is 0 Å². The summed E-state index contributed by atoms with van der Waals surface area (Å²) < 4.78 is 0. The lowest BCUT2D eigenvalue weighted by molar-refractivity contribution is 0.299. The van der Waals surface area contributed by atoms with Crippen molar-refractivity contribution in [1.82, 2.24) is 0 Å². The molecule has 2 heteroatoms. The predicted molar refractivity (Wildman–Crippen MR) is 63.5 cm³/mol. The van der Waals surface area contributed by atoms with Crippen LogP contribution in [0.4, 0.5) is 5.69 Å². The van der Waals surface area contributed by atoms with E-state index < -0.39 is 0 Å². The summed E-state index contributed by atoms with van der Waals surface area (Å²) in [5.41, 5.74) is 4.12. The summed E-state index contributed by atoms with van der Waals surface area (Å²) in [6.07, 6.45) is 0.770. The maximum Gasteiger partial charge on any atom is 0.0472 e. The molecule has 1 aliphatic heterocycles. The van der Waals surface area contributed by atoms with Gasteiger partial charge in [-0.1, -0.05) is 25.1 Å². The van der Waals surface area contributed by atoms with E-state index in [1.165, 1.54) is 16.8 Å². The first-order valence-corrected chi connectivity index (χ1v) is 5.75. The number of aliphatic hydroxyl groups excluding tert-OH is 1. The van der Waals surface area contributed by atoms with Crippen LogP contribution in [0.3, 0.4) is 0 Å². The molecule has 0 saturated heterocycles. The fourth-order valence-corrected chi connectivity index (χ4v) is 2.52. The first-order chi connectivity index (χ1) is 7.27. The highest BCUT2D eigenvalue weighted by Gasteiger charge is 2.26. The molecule has 15 heavy (non-hydrogen) atoms. The van der Waals surface area contributed by atoms with Gasteiger partial charge in [0.1, 0.15) is 0 Å². The lowest BCUT2D eigenvalue weighted by Gasteiger charge is -2.20. The first kappa shape index (κ1) is 10.5. The van der Waals surface area contributed by atoms with Crippen LogP contribution in [0.1, 0.15) is 30.9 Å². The number of anilines is 1. The van der Waals surface area contributed by atoms with Gasteiger partial charge < -0.3 is 10.0 Å². The SMILES string of the molecule is CCN1CC(C)c2cccc(CCO)c21. The van der Waals surface area contributed by atoms with Gasteiger partial charge in [-0.2, -0.15) is 0 Å². The summed E-state index contributed by atoms with van der Waals surface area (Å²) in [5, 5.41) is 9.06. The lowest BCUT2D eigenvalue weighted by atomic mass is 9.99. The Morgan fingerprint density at radius 3 is 2.93 bits per heavy atom. The van der Waals surface area contributed by atoms with Crippen molar-refractivity contribution < 1.29 is 5.11 Å². The molecular formula is C13H19NO. The number of nitrogens with zero attached hydrogens (tertiary/aromatic N) is 1. The Hall–Kier alpha value is -1.02. The first-order valence-electron chi connectivity index (χ1n) is 5.75. The third kappa shape index (κ3) is 1.74. The van der Waals surface area contributed by atoms with Crippen molar-refractivity contribution in [2.24, 2.45) is 0 Å². The van der Waals surface area contributed by atoms with E-state index in [4.69, 9.17) is 5.11 Å². The molecule has 1 aliphatic rings. The molecule has 2 nitrogen and oxygen atoms in total. The van der Waals surface area contributed by atoms with Gasteiger partial charge in [-0.3, -0.25) is 0 Å². The van der Waals surface area contributed by atoms with Crippen LogP contribution in [0.15, 0.2) is 18.2 Å². The molecule has 1 atom stereocenters. The summed E-state index contributed by atoms with van der Waals surface area (Å²) in [4.78, 5) is 2.42. The predicted octanol–water partition coefficient (Wildman–Crippen LogP) is 2.16. The molecule has 1 N–H and O–H groups in total. The van der Waals surface area contributed by atoms with Gasteiger partial charge in [-0.05, 0) is 24.5 Å². The molecule has 0 spiro atoms.